The van der Waals surface area contributed by atoms with E-state index in [9.17, 15) is 22.4 Å². The summed E-state index contributed by atoms with van der Waals surface area (Å²) >= 11 is 0. The van der Waals surface area contributed by atoms with Crippen LogP contribution in [0.5, 0.6) is 11.5 Å². The fourth-order valence-corrected chi connectivity index (χ4v) is 4.20. The molecule has 2 heterocycles. The van der Waals surface area contributed by atoms with Crippen molar-refractivity contribution in [3.8, 4) is 22.6 Å². The Morgan fingerprint density at radius 3 is 2.43 bits per heavy atom. The highest BCUT2D eigenvalue weighted by Gasteiger charge is 2.66. The van der Waals surface area contributed by atoms with E-state index >= 15 is 0 Å². The first-order valence-electron chi connectivity index (χ1n) is 11.3. The minimum Gasteiger partial charge on any atom is -0.493 e. The van der Waals surface area contributed by atoms with Crippen LogP contribution in [0.2, 0.25) is 0 Å². The van der Waals surface area contributed by atoms with Gasteiger partial charge in [0.2, 0.25) is 5.91 Å². The second-order valence-corrected chi connectivity index (χ2v) is 8.81. The number of fused-ring (bicyclic) bond motifs is 1. The monoisotopic (exact) mass is 515 g/mol. The molecule has 0 spiro atoms. The van der Waals surface area contributed by atoms with Crippen molar-refractivity contribution in [3.63, 3.8) is 0 Å². The summed E-state index contributed by atoms with van der Waals surface area (Å²) in [6.45, 7) is 0. The number of methoxy groups -OCH3 is 2. The van der Waals surface area contributed by atoms with E-state index in [-0.39, 0.29) is 36.4 Å². The minimum atomic E-state index is -4.46. The Kier molecular flexibility index (Phi) is 6.01. The predicted octanol–water partition coefficient (Wildman–Crippen LogP) is 5.82. The van der Waals surface area contributed by atoms with Crippen LogP contribution in [0.1, 0.15) is 24.2 Å². The molecule has 37 heavy (non-hydrogen) atoms. The third kappa shape index (κ3) is 4.56. The summed E-state index contributed by atoms with van der Waals surface area (Å²) in [5.74, 6) is -0.677. The third-order valence-corrected chi connectivity index (χ3v) is 6.47. The van der Waals surface area contributed by atoms with Crippen LogP contribution in [-0.4, -0.2) is 36.4 Å². The number of rotatable bonds is 7. The van der Waals surface area contributed by atoms with Gasteiger partial charge >= 0.3 is 6.18 Å². The van der Waals surface area contributed by atoms with Crippen LogP contribution in [0.25, 0.3) is 22.0 Å². The summed E-state index contributed by atoms with van der Waals surface area (Å²) in [5.41, 5.74) is -0.0508. The number of ether oxygens (including phenoxy) is 2. The average Bonchev–Trinajstić information content (AvgIpc) is 3.57. The van der Waals surface area contributed by atoms with Gasteiger partial charge in [-0.1, -0.05) is 17.3 Å². The second kappa shape index (κ2) is 9.06. The highest BCUT2D eigenvalue weighted by Crippen LogP contribution is 2.59. The van der Waals surface area contributed by atoms with Gasteiger partial charge in [-0.3, -0.25) is 9.78 Å². The van der Waals surface area contributed by atoms with Crippen LogP contribution < -0.4 is 14.8 Å². The number of pyridine rings is 1. The number of hydrogen-bond acceptors (Lipinski definition) is 6. The van der Waals surface area contributed by atoms with E-state index in [1.165, 1.54) is 26.4 Å². The number of anilines is 1. The maximum absolute atomic E-state index is 14.9. The molecule has 4 aromatic rings. The van der Waals surface area contributed by atoms with E-state index in [0.717, 1.165) is 11.5 Å². The first-order chi connectivity index (χ1) is 17.6. The molecule has 2 aromatic carbocycles. The van der Waals surface area contributed by atoms with Gasteiger partial charge in [-0.2, -0.15) is 13.2 Å². The number of carbonyl (C=O) groups is 1. The van der Waals surface area contributed by atoms with Crippen LogP contribution >= 0.6 is 0 Å². The Bertz CT molecular complexity index is 1500. The van der Waals surface area contributed by atoms with E-state index in [2.05, 4.69) is 15.5 Å². The molecular weight excluding hydrogens is 494 g/mol. The zero-order valence-electron chi connectivity index (χ0n) is 19.8. The van der Waals surface area contributed by atoms with E-state index in [1.807, 2.05) is 6.07 Å². The molecule has 1 amide bonds. The molecule has 0 aliphatic heterocycles. The number of nitrogens with zero attached hydrogens (tertiary/aromatic N) is 2. The van der Waals surface area contributed by atoms with Crippen LogP contribution in [0.3, 0.4) is 0 Å². The second-order valence-electron chi connectivity index (χ2n) is 8.81. The minimum absolute atomic E-state index is 0.0922. The largest absolute Gasteiger partial charge is 0.493 e. The summed E-state index contributed by atoms with van der Waals surface area (Å²) < 4.78 is 70.1. The SMILES string of the molecule is COc1cc2cc(-c3ccc(CC(=O)Nc4cc(C5(C(F)(F)F)CC5)on4)c(F)c3)cnc2cc1OC. The molecule has 1 fully saturated rings. The maximum Gasteiger partial charge on any atom is 0.401 e. The Labute approximate surface area is 208 Å². The molecule has 0 saturated heterocycles. The third-order valence-electron chi connectivity index (χ3n) is 6.47. The van der Waals surface area contributed by atoms with Gasteiger partial charge in [-0.05, 0) is 42.2 Å². The van der Waals surface area contributed by atoms with Crippen LogP contribution in [-0.2, 0) is 16.6 Å². The summed E-state index contributed by atoms with van der Waals surface area (Å²) in [7, 11) is 3.06. The van der Waals surface area contributed by atoms with Crippen molar-refractivity contribution in [2.45, 2.75) is 30.9 Å². The summed E-state index contributed by atoms with van der Waals surface area (Å²) in [4.78, 5) is 16.8. The zero-order chi connectivity index (χ0) is 26.4. The van der Waals surface area contributed by atoms with Gasteiger partial charge in [0.25, 0.3) is 0 Å². The van der Waals surface area contributed by atoms with Crippen LogP contribution in [0, 0.1) is 5.82 Å². The van der Waals surface area contributed by atoms with Crippen molar-refractivity contribution >= 4 is 22.6 Å². The first-order valence-corrected chi connectivity index (χ1v) is 11.3. The topological polar surface area (TPSA) is 86.5 Å². The molecule has 0 atom stereocenters. The highest BCUT2D eigenvalue weighted by molar-refractivity contribution is 5.91. The molecular formula is C26H21F4N3O4. The lowest BCUT2D eigenvalue weighted by molar-refractivity contribution is -0.165. The lowest BCUT2D eigenvalue weighted by atomic mass is 10.0. The molecule has 0 radical (unpaired) electrons. The number of hydrogen-bond donors (Lipinski definition) is 1. The van der Waals surface area contributed by atoms with Gasteiger partial charge in [0.05, 0.1) is 26.2 Å². The Morgan fingerprint density at radius 1 is 1.05 bits per heavy atom. The number of nitrogens with one attached hydrogen (secondary N) is 1. The van der Waals surface area contributed by atoms with Crippen molar-refractivity contribution in [1.82, 2.24) is 10.1 Å². The van der Waals surface area contributed by atoms with E-state index < -0.39 is 23.3 Å². The van der Waals surface area contributed by atoms with Crippen molar-refractivity contribution < 1.29 is 36.4 Å². The summed E-state index contributed by atoms with van der Waals surface area (Å²) in [6, 6.07) is 10.8. The van der Waals surface area contributed by atoms with Crippen molar-refractivity contribution in [2.24, 2.45) is 0 Å². The first kappa shape index (κ1) is 24.5. The molecule has 7 nitrogen and oxygen atoms in total. The molecule has 1 N–H and O–H groups in total. The zero-order valence-corrected chi connectivity index (χ0v) is 19.8. The number of aromatic nitrogens is 2. The van der Waals surface area contributed by atoms with E-state index in [1.54, 1.807) is 24.4 Å². The van der Waals surface area contributed by atoms with Crippen molar-refractivity contribution in [1.29, 1.82) is 0 Å². The molecule has 5 rings (SSSR count). The Morgan fingerprint density at radius 2 is 1.78 bits per heavy atom. The van der Waals surface area contributed by atoms with Gasteiger partial charge < -0.3 is 19.3 Å². The van der Waals surface area contributed by atoms with Gasteiger partial charge in [-0.15, -0.1) is 0 Å². The van der Waals surface area contributed by atoms with E-state index in [4.69, 9.17) is 14.0 Å². The summed E-state index contributed by atoms with van der Waals surface area (Å²) in [6.07, 6.45) is -3.38. The lowest BCUT2D eigenvalue weighted by Gasteiger charge is -2.14. The molecule has 192 valence electrons. The number of amides is 1. The van der Waals surface area contributed by atoms with Crippen molar-refractivity contribution in [3.05, 3.63) is 65.8 Å². The average molecular weight is 515 g/mol. The van der Waals surface area contributed by atoms with Crippen LogP contribution in [0.15, 0.2) is 53.2 Å². The fraction of sp³-hybridized carbons (Fsp3) is 0.269. The summed E-state index contributed by atoms with van der Waals surface area (Å²) in [5, 5.41) is 6.65. The fourth-order valence-electron chi connectivity index (χ4n) is 4.20. The molecule has 2 aromatic heterocycles. The molecule has 1 aliphatic rings. The Hall–Kier alpha value is -4.15. The molecule has 11 heteroatoms. The van der Waals surface area contributed by atoms with Gasteiger partial charge in [-0.25, -0.2) is 4.39 Å². The smallest absolute Gasteiger partial charge is 0.401 e. The number of carbonyl (C=O) groups excluding carboxylic acids is 1. The van der Waals surface area contributed by atoms with Crippen LogP contribution in [0.4, 0.5) is 23.4 Å². The standard InChI is InChI=1S/C26H21F4N3O4/c1-35-20-9-16-7-17(13-31-19(16)11-21(20)36-2)14-3-4-15(18(27)8-14)10-24(34)32-23-12-22(37-33-23)25(5-6-25)26(28,29)30/h3-4,7-9,11-13H,5-6,10H2,1-2H3,(H,32,33,34). The molecule has 0 unspecified atom stereocenters. The lowest BCUT2D eigenvalue weighted by Crippen LogP contribution is -2.28. The quantitative estimate of drug-likeness (QED) is 0.312. The highest BCUT2D eigenvalue weighted by atomic mass is 19.4. The van der Waals surface area contributed by atoms with E-state index in [0.29, 0.717) is 28.1 Å². The van der Waals surface area contributed by atoms with Gasteiger partial charge in [0, 0.05) is 29.3 Å². The van der Waals surface area contributed by atoms with Crippen molar-refractivity contribution in [2.75, 3.05) is 19.5 Å². The molecule has 0 bridgehead atoms. The Balaban J connectivity index is 1.30. The van der Waals surface area contributed by atoms with Gasteiger partial charge in [0.1, 0.15) is 11.2 Å². The molecule has 1 saturated carbocycles. The van der Waals surface area contributed by atoms with Gasteiger partial charge in [0.15, 0.2) is 23.1 Å². The number of alkyl halides is 3. The normalized spacial score (nSPS) is 14.4. The maximum atomic E-state index is 14.9. The molecule has 1 aliphatic carbocycles. The number of benzene rings is 2. The predicted molar refractivity (Wildman–Crippen MR) is 126 cm³/mol. The number of halogens is 4.